The van der Waals surface area contributed by atoms with E-state index < -0.39 is 6.04 Å². The standard InChI is InChI=1S/C14H20N4O3/c1-9-15-12(21-17-9)8-18-7-11(19)16-13(14(18)20)10-5-3-2-4-6-10/h10,13H,2-8H2,1H3,(H,16,19). The number of carbonyl (C=O) groups is 2. The van der Waals surface area contributed by atoms with Crippen molar-refractivity contribution in [2.24, 2.45) is 5.92 Å². The Bertz CT molecular complexity index is 536. The van der Waals surface area contributed by atoms with Crippen LogP contribution in [0.1, 0.15) is 43.8 Å². The first-order chi connectivity index (χ1) is 10.1. The number of nitrogens with zero attached hydrogens (tertiary/aromatic N) is 3. The van der Waals surface area contributed by atoms with Crippen LogP contribution in [-0.2, 0) is 16.1 Å². The molecule has 0 bridgehead atoms. The molecule has 7 nitrogen and oxygen atoms in total. The van der Waals surface area contributed by atoms with Crippen molar-refractivity contribution in [3.8, 4) is 0 Å². The van der Waals surface area contributed by atoms with Gasteiger partial charge in [-0.1, -0.05) is 24.4 Å². The highest BCUT2D eigenvalue weighted by Crippen LogP contribution is 2.28. The second-order valence-corrected chi connectivity index (χ2v) is 5.87. The summed E-state index contributed by atoms with van der Waals surface area (Å²) in [7, 11) is 0. The number of rotatable bonds is 3. The largest absolute Gasteiger partial charge is 0.342 e. The van der Waals surface area contributed by atoms with Crippen LogP contribution in [0.2, 0.25) is 0 Å². The normalized spacial score (nSPS) is 24.2. The van der Waals surface area contributed by atoms with Crippen molar-refractivity contribution in [3.63, 3.8) is 0 Å². The van der Waals surface area contributed by atoms with Gasteiger partial charge < -0.3 is 14.7 Å². The lowest BCUT2D eigenvalue weighted by atomic mass is 9.82. The molecular formula is C14H20N4O3. The summed E-state index contributed by atoms with van der Waals surface area (Å²) in [5.74, 6) is 1.02. The van der Waals surface area contributed by atoms with Crippen LogP contribution in [0.4, 0.5) is 0 Å². The fourth-order valence-electron chi connectivity index (χ4n) is 3.22. The number of piperazine rings is 1. The van der Waals surface area contributed by atoms with Gasteiger partial charge in [-0.25, -0.2) is 0 Å². The molecule has 1 aromatic rings. The predicted molar refractivity (Wildman–Crippen MR) is 73.0 cm³/mol. The van der Waals surface area contributed by atoms with Crippen molar-refractivity contribution in [2.75, 3.05) is 6.54 Å². The van der Waals surface area contributed by atoms with Crippen LogP contribution < -0.4 is 5.32 Å². The molecule has 1 aliphatic heterocycles. The van der Waals surface area contributed by atoms with E-state index in [1.807, 2.05) is 0 Å². The van der Waals surface area contributed by atoms with Crippen molar-refractivity contribution in [2.45, 2.75) is 51.6 Å². The maximum Gasteiger partial charge on any atom is 0.246 e. The highest BCUT2D eigenvalue weighted by molar-refractivity contribution is 5.94. The first-order valence-electron chi connectivity index (χ1n) is 7.51. The van der Waals surface area contributed by atoms with E-state index in [-0.39, 0.29) is 30.8 Å². The Morgan fingerprint density at radius 3 is 2.71 bits per heavy atom. The second-order valence-electron chi connectivity index (χ2n) is 5.87. The molecule has 2 amide bonds. The molecule has 1 saturated carbocycles. The Kier molecular flexibility index (Phi) is 3.90. The van der Waals surface area contributed by atoms with Gasteiger partial charge in [0.25, 0.3) is 0 Å². The lowest BCUT2D eigenvalue weighted by molar-refractivity contribution is -0.147. The van der Waals surface area contributed by atoms with Crippen LogP contribution in [0.25, 0.3) is 0 Å². The molecule has 0 aromatic carbocycles. The second kappa shape index (κ2) is 5.83. The highest BCUT2D eigenvalue weighted by atomic mass is 16.5. The first kappa shape index (κ1) is 14.0. The zero-order valence-electron chi connectivity index (χ0n) is 12.2. The van der Waals surface area contributed by atoms with Gasteiger partial charge in [0.1, 0.15) is 19.1 Å². The lowest BCUT2D eigenvalue weighted by Gasteiger charge is -2.37. The summed E-state index contributed by atoms with van der Waals surface area (Å²) < 4.78 is 5.04. The molecule has 3 rings (SSSR count). The molecule has 1 saturated heterocycles. The molecule has 2 aliphatic rings. The van der Waals surface area contributed by atoms with E-state index in [9.17, 15) is 9.59 Å². The van der Waals surface area contributed by atoms with Crippen LogP contribution in [0, 0.1) is 12.8 Å². The molecule has 1 aromatic heterocycles. The molecule has 114 valence electrons. The van der Waals surface area contributed by atoms with Crippen LogP contribution in [-0.4, -0.2) is 39.4 Å². The maximum atomic E-state index is 12.6. The number of hydrogen-bond donors (Lipinski definition) is 1. The SMILES string of the molecule is Cc1noc(CN2CC(=O)NC(C3CCCCC3)C2=O)n1. The highest BCUT2D eigenvalue weighted by Gasteiger charge is 2.38. The minimum Gasteiger partial charge on any atom is -0.342 e. The molecule has 0 radical (unpaired) electrons. The summed E-state index contributed by atoms with van der Waals surface area (Å²) in [4.78, 5) is 30.1. The average Bonchev–Trinajstić information content (AvgIpc) is 2.89. The molecule has 1 aliphatic carbocycles. The fourth-order valence-corrected chi connectivity index (χ4v) is 3.22. The minimum atomic E-state index is -0.393. The summed E-state index contributed by atoms with van der Waals surface area (Å²) in [6, 6.07) is -0.393. The van der Waals surface area contributed by atoms with E-state index in [1.54, 1.807) is 6.92 Å². The quantitative estimate of drug-likeness (QED) is 0.889. The monoisotopic (exact) mass is 292 g/mol. The van der Waals surface area contributed by atoms with Gasteiger partial charge >= 0.3 is 0 Å². The number of nitrogens with one attached hydrogen (secondary N) is 1. The lowest BCUT2D eigenvalue weighted by Crippen LogP contribution is -2.60. The van der Waals surface area contributed by atoms with E-state index in [0.717, 1.165) is 25.7 Å². The zero-order valence-corrected chi connectivity index (χ0v) is 12.2. The van der Waals surface area contributed by atoms with Crippen molar-refractivity contribution in [3.05, 3.63) is 11.7 Å². The number of aryl methyl sites for hydroxylation is 1. The summed E-state index contributed by atoms with van der Waals surface area (Å²) in [5.41, 5.74) is 0. The van der Waals surface area contributed by atoms with Gasteiger partial charge in [0.05, 0.1) is 0 Å². The molecule has 1 N–H and O–H groups in total. The topological polar surface area (TPSA) is 88.3 Å². The van der Waals surface area contributed by atoms with E-state index in [4.69, 9.17) is 4.52 Å². The zero-order chi connectivity index (χ0) is 14.8. The molecular weight excluding hydrogens is 272 g/mol. The summed E-state index contributed by atoms with van der Waals surface area (Å²) in [5, 5.41) is 6.57. The molecule has 2 fully saturated rings. The Balaban J connectivity index is 1.71. The minimum absolute atomic E-state index is 0.0302. The van der Waals surface area contributed by atoms with E-state index in [2.05, 4.69) is 15.5 Å². The van der Waals surface area contributed by atoms with Crippen LogP contribution in [0.15, 0.2) is 4.52 Å². The van der Waals surface area contributed by atoms with E-state index >= 15 is 0 Å². The molecule has 2 heterocycles. The Hall–Kier alpha value is -1.92. The molecule has 1 unspecified atom stereocenters. The molecule has 21 heavy (non-hydrogen) atoms. The Labute approximate surface area is 123 Å². The van der Waals surface area contributed by atoms with Crippen LogP contribution >= 0.6 is 0 Å². The number of amides is 2. The van der Waals surface area contributed by atoms with Crippen molar-refractivity contribution < 1.29 is 14.1 Å². The van der Waals surface area contributed by atoms with Crippen LogP contribution in [0.3, 0.4) is 0 Å². The summed E-state index contributed by atoms with van der Waals surface area (Å²) in [6.07, 6.45) is 5.49. The maximum absolute atomic E-state index is 12.6. The van der Waals surface area contributed by atoms with E-state index in [1.165, 1.54) is 11.3 Å². The van der Waals surface area contributed by atoms with Gasteiger partial charge in [-0.15, -0.1) is 0 Å². The van der Waals surface area contributed by atoms with Gasteiger partial charge in [0.15, 0.2) is 5.82 Å². The third kappa shape index (κ3) is 3.06. The number of aromatic nitrogens is 2. The van der Waals surface area contributed by atoms with Crippen molar-refractivity contribution in [1.82, 2.24) is 20.4 Å². The van der Waals surface area contributed by atoms with Crippen LogP contribution in [0.5, 0.6) is 0 Å². The predicted octanol–water partition coefficient (Wildman–Crippen LogP) is 0.785. The van der Waals surface area contributed by atoms with Gasteiger partial charge in [-0.3, -0.25) is 9.59 Å². The van der Waals surface area contributed by atoms with Gasteiger partial charge in [0, 0.05) is 0 Å². The van der Waals surface area contributed by atoms with E-state index in [0.29, 0.717) is 11.7 Å². The number of carbonyl (C=O) groups excluding carboxylic acids is 2. The van der Waals surface area contributed by atoms with Crippen molar-refractivity contribution >= 4 is 11.8 Å². The van der Waals surface area contributed by atoms with Crippen molar-refractivity contribution in [1.29, 1.82) is 0 Å². The molecule has 7 heteroatoms. The van der Waals surface area contributed by atoms with Gasteiger partial charge in [-0.2, -0.15) is 4.98 Å². The third-order valence-electron chi connectivity index (χ3n) is 4.25. The fraction of sp³-hybridized carbons (Fsp3) is 0.714. The Morgan fingerprint density at radius 2 is 2.05 bits per heavy atom. The Morgan fingerprint density at radius 1 is 1.29 bits per heavy atom. The summed E-state index contributed by atoms with van der Waals surface area (Å²) in [6.45, 7) is 1.99. The molecule has 1 atom stereocenters. The summed E-state index contributed by atoms with van der Waals surface area (Å²) >= 11 is 0. The third-order valence-corrected chi connectivity index (χ3v) is 4.25. The van der Waals surface area contributed by atoms with Gasteiger partial charge in [-0.05, 0) is 25.7 Å². The van der Waals surface area contributed by atoms with Gasteiger partial charge in [0.2, 0.25) is 17.7 Å². The number of hydrogen-bond acceptors (Lipinski definition) is 5. The smallest absolute Gasteiger partial charge is 0.246 e. The molecule has 0 spiro atoms. The average molecular weight is 292 g/mol. The first-order valence-corrected chi connectivity index (χ1v) is 7.51.